The van der Waals surface area contributed by atoms with E-state index < -0.39 is 0 Å². The van der Waals surface area contributed by atoms with Crippen molar-refractivity contribution in [2.45, 2.75) is 39.5 Å². The minimum atomic E-state index is -0.118. The molecule has 29 heavy (non-hydrogen) atoms. The third-order valence-electron chi connectivity index (χ3n) is 6.58. The van der Waals surface area contributed by atoms with Crippen LogP contribution in [-0.4, -0.2) is 56.5 Å². The second-order valence-corrected chi connectivity index (χ2v) is 9.52. The summed E-state index contributed by atoms with van der Waals surface area (Å²) in [6, 6.07) is 12.4. The fourth-order valence-corrected chi connectivity index (χ4v) is 4.88. The minimum absolute atomic E-state index is 0.118. The van der Waals surface area contributed by atoms with Crippen LogP contribution in [0.2, 0.25) is 0 Å². The molecule has 1 aliphatic heterocycles. The molecule has 0 aromatic heterocycles. The number of benzene rings is 2. The Balaban J connectivity index is 1.66. The topological polar surface area (TPSA) is 32.8 Å². The molecular weight excluding hydrogens is 360 g/mol. The number of piperidine rings is 1. The van der Waals surface area contributed by atoms with Gasteiger partial charge < -0.3 is 14.5 Å². The largest absolute Gasteiger partial charge is 0.497 e. The van der Waals surface area contributed by atoms with Crippen molar-refractivity contribution in [3.63, 3.8) is 0 Å². The third kappa shape index (κ3) is 4.92. The zero-order valence-corrected chi connectivity index (χ0v) is 18.9. The number of rotatable bonds is 6. The molecule has 0 spiro atoms. The van der Waals surface area contributed by atoms with E-state index in [4.69, 9.17) is 4.74 Å². The van der Waals surface area contributed by atoms with E-state index in [1.165, 1.54) is 0 Å². The Morgan fingerprint density at radius 1 is 1.14 bits per heavy atom. The smallest absolute Gasteiger partial charge is 0.229 e. The lowest BCUT2D eigenvalue weighted by Gasteiger charge is -2.42. The Hall–Kier alpha value is -2.07. The van der Waals surface area contributed by atoms with Gasteiger partial charge in [0, 0.05) is 19.6 Å². The second-order valence-electron chi connectivity index (χ2n) is 9.52. The molecule has 0 unspecified atom stereocenters. The molecule has 0 aliphatic carbocycles. The van der Waals surface area contributed by atoms with E-state index in [1.54, 1.807) is 7.11 Å². The fraction of sp³-hybridized carbons (Fsp3) is 0.560. The van der Waals surface area contributed by atoms with Crippen LogP contribution in [0.25, 0.3) is 10.8 Å². The number of methoxy groups -OCH3 is 1. The van der Waals surface area contributed by atoms with Crippen LogP contribution in [0.5, 0.6) is 5.75 Å². The van der Waals surface area contributed by atoms with Crippen molar-refractivity contribution in [2.75, 3.05) is 40.8 Å². The fourth-order valence-electron chi connectivity index (χ4n) is 4.88. The molecule has 4 nitrogen and oxygen atoms in total. The van der Waals surface area contributed by atoms with Crippen molar-refractivity contribution >= 4 is 16.7 Å². The zero-order valence-electron chi connectivity index (χ0n) is 18.9. The first-order valence-corrected chi connectivity index (χ1v) is 10.7. The summed E-state index contributed by atoms with van der Waals surface area (Å²) in [5.41, 5.74) is 1.37. The van der Waals surface area contributed by atoms with Gasteiger partial charge in [0.1, 0.15) is 5.75 Å². The number of carbonyl (C=O) groups is 1. The molecule has 1 atom stereocenters. The number of likely N-dealkylation sites (tertiary alicyclic amines) is 1. The first-order valence-electron chi connectivity index (χ1n) is 10.7. The molecule has 1 amide bonds. The quantitative estimate of drug-likeness (QED) is 0.704. The van der Waals surface area contributed by atoms with Crippen LogP contribution < -0.4 is 4.74 Å². The summed E-state index contributed by atoms with van der Waals surface area (Å²) >= 11 is 0. The summed E-state index contributed by atoms with van der Waals surface area (Å²) in [5, 5.41) is 2.28. The third-order valence-corrected chi connectivity index (χ3v) is 6.58. The average Bonchev–Trinajstić information content (AvgIpc) is 2.71. The van der Waals surface area contributed by atoms with Crippen LogP contribution in [0.1, 0.15) is 45.1 Å². The highest BCUT2D eigenvalue weighted by molar-refractivity contribution is 5.88. The first kappa shape index (κ1) is 21.6. The highest BCUT2D eigenvalue weighted by Crippen LogP contribution is 2.36. The molecule has 0 saturated carbocycles. The molecule has 2 aromatic rings. The molecule has 0 radical (unpaired) electrons. The monoisotopic (exact) mass is 396 g/mol. The molecule has 1 fully saturated rings. The van der Waals surface area contributed by atoms with Crippen molar-refractivity contribution in [3.8, 4) is 5.75 Å². The summed E-state index contributed by atoms with van der Waals surface area (Å²) in [5.74, 6) is 1.66. The Bertz CT molecular complexity index is 851. The van der Waals surface area contributed by atoms with Gasteiger partial charge in [0.25, 0.3) is 0 Å². The Kier molecular flexibility index (Phi) is 6.52. The summed E-state index contributed by atoms with van der Waals surface area (Å²) in [6.07, 6.45) is 2.19. The lowest BCUT2D eigenvalue weighted by molar-refractivity contribution is -0.134. The van der Waals surface area contributed by atoms with Crippen LogP contribution >= 0.6 is 0 Å². The maximum atomic E-state index is 13.2. The van der Waals surface area contributed by atoms with Crippen LogP contribution in [0.3, 0.4) is 0 Å². The summed E-state index contributed by atoms with van der Waals surface area (Å²) < 4.78 is 5.31. The Morgan fingerprint density at radius 2 is 1.76 bits per heavy atom. The Labute approximate surface area is 175 Å². The molecule has 1 saturated heterocycles. The summed E-state index contributed by atoms with van der Waals surface area (Å²) in [4.78, 5) is 17.5. The van der Waals surface area contributed by atoms with Crippen molar-refractivity contribution in [1.82, 2.24) is 9.80 Å². The van der Waals surface area contributed by atoms with Crippen LogP contribution in [0.4, 0.5) is 0 Å². The highest BCUT2D eigenvalue weighted by Gasteiger charge is 2.35. The van der Waals surface area contributed by atoms with E-state index >= 15 is 0 Å². The summed E-state index contributed by atoms with van der Waals surface area (Å²) in [7, 11) is 5.96. The van der Waals surface area contributed by atoms with Crippen LogP contribution in [0.15, 0.2) is 36.4 Å². The maximum Gasteiger partial charge on any atom is 0.229 e. The van der Waals surface area contributed by atoms with Gasteiger partial charge in [-0.25, -0.2) is 0 Å². The molecule has 0 bridgehead atoms. The molecule has 1 heterocycles. The zero-order chi connectivity index (χ0) is 21.2. The van der Waals surface area contributed by atoms with E-state index in [0.717, 1.165) is 54.6 Å². The number of fused-ring (bicyclic) bond motifs is 1. The van der Waals surface area contributed by atoms with Crippen molar-refractivity contribution in [3.05, 3.63) is 42.0 Å². The molecule has 158 valence electrons. The van der Waals surface area contributed by atoms with Gasteiger partial charge in [-0.1, -0.05) is 38.1 Å². The van der Waals surface area contributed by atoms with E-state index in [2.05, 4.69) is 62.0 Å². The van der Waals surface area contributed by atoms with Gasteiger partial charge in [0.05, 0.1) is 13.0 Å². The lowest BCUT2D eigenvalue weighted by atomic mass is 9.73. The maximum absolute atomic E-state index is 13.2. The number of amides is 1. The van der Waals surface area contributed by atoms with Gasteiger partial charge >= 0.3 is 0 Å². The molecule has 3 rings (SSSR count). The molecule has 0 N–H and O–H groups in total. The van der Waals surface area contributed by atoms with Gasteiger partial charge in [-0.3, -0.25) is 4.79 Å². The van der Waals surface area contributed by atoms with Crippen LogP contribution in [-0.2, 0) is 4.79 Å². The number of ether oxygens (including phenoxy) is 1. The molecular formula is C25H36N2O2. The van der Waals surface area contributed by atoms with E-state index in [0.29, 0.717) is 5.92 Å². The van der Waals surface area contributed by atoms with E-state index in [1.807, 2.05) is 19.1 Å². The van der Waals surface area contributed by atoms with Gasteiger partial charge in [-0.2, -0.15) is 0 Å². The first-order chi connectivity index (χ1) is 13.7. The number of carbonyl (C=O) groups excluding carboxylic acids is 1. The number of hydrogen-bond acceptors (Lipinski definition) is 3. The minimum Gasteiger partial charge on any atom is -0.497 e. The predicted molar refractivity (Wildman–Crippen MR) is 121 cm³/mol. The predicted octanol–water partition coefficient (Wildman–Crippen LogP) is 4.78. The highest BCUT2D eigenvalue weighted by atomic mass is 16.5. The van der Waals surface area contributed by atoms with Gasteiger partial charge in [-0.15, -0.1) is 0 Å². The van der Waals surface area contributed by atoms with Gasteiger partial charge in [0.2, 0.25) is 5.91 Å². The molecule has 4 heteroatoms. The Morgan fingerprint density at radius 3 is 2.38 bits per heavy atom. The molecule has 2 aromatic carbocycles. The van der Waals surface area contributed by atoms with Crippen molar-refractivity contribution in [2.24, 2.45) is 11.3 Å². The van der Waals surface area contributed by atoms with Gasteiger partial charge in [0.15, 0.2) is 0 Å². The number of hydrogen-bond donors (Lipinski definition) is 0. The number of nitrogens with zero attached hydrogens (tertiary/aromatic N) is 2. The lowest BCUT2D eigenvalue weighted by Crippen LogP contribution is -2.45. The molecule has 1 aliphatic rings. The SMILES string of the molecule is COc1ccc2cc([C@H](C)C(=O)N3CCC(C(C)(C)CN(C)C)CC3)ccc2c1. The van der Waals surface area contributed by atoms with Crippen LogP contribution in [0, 0.1) is 11.3 Å². The normalized spacial score (nSPS) is 17.0. The van der Waals surface area contributed by atoms with Crippen molar-refractivity contribution in [1.29, 1.82) is 0 Å². The standard InChI is InChI=1S/C25H36N2O2/c1-18(19-7-8-21-16-23(29-6)10-9-20(21)15-19)24(28)27-13-11-22(12-14-27)25(2,3)17-26(4)5/h7-10,15-16,18,22H,11-14,17H2,1-6H3/t18-/m0/s1. The van der Waals surface area contributed by atoms with E-state index in [9.17, 15) is 4.79 Å². The van der Waals surface area contributed by atoms with Gasteiger partial charge in [-0.05, 0) is 73.7 Å². The van der Waals surface area contributed by atoms with E-state index in [-0.39, 0.29) is 17.2 Å². The summed E-state index contributed by atoms with van der Waals surface area (Å²) in [6.45, 7) is 9.59. The second kappa shape index (κ2) is 8.74. The average molecular weight is 397 g/mol. The van der Waals surface area contributed by atoms with Crippen molar-refractivity contribution < 1.29 is 9.53 Å².